The van der Waals surface area contributed by atoms with Crippen LogP contribution in [0, 0.1) is 0 Å². The molecule has 0 amide bonds. The average molecular weight is 662 g/mol. The fourth-order valence-corrected chi connectivity index (χ4v) is 6.27. The van der Waals surface area contributed by atoms with Crippen molar-refractivity contribution in [3.8, 4) is 44.8 Å². The van der Waals surface area contributed by atoms with Gasteiger partial charge in [-0.3, -0.25) is 0 Å². The summed E-state index contributed by atoms with van der Waals surface area (Å²) in [6, 6.07) is -7.28. The maximum Gasteiger partial charge on any atom is 0.0645 e. The lowest BCUT2D eigenvalue weighted by molar-refractivity contribution is 1.18. The van der Waals surface area contributed by atoms with Gasteiger partial charge in [-0.1, -0.05) is 139 Å². The van der Waals surface area contributed by atoms with E-state index in [1.807, 2.05) is 0 Å². The highest BCUT2D eigenvalue weighted by atomic mass is 15.0. The molecule has 0 aliphatic heterocycles. The van der Waals surface area contributed by atoms with Crippen molar-refractivity contribution in [1.82, 2.24) is 9.13 Å². The van der Waals surface area contributed by atoms with Crippen LogP contribution < -0.4 is 0 Å². The lowest BCUT2D eigenvalue weighted by atomic mass is 10.0. The highest BCUT2D eigenvalue weighted by molar-refractivity contribution is 6.13. The summed E-state index contributed by atoms with van der Waals surface area (Å²) in [5, 5.41) is 0.0529. The molecular formula is C48H32N2. The van der Waals surface area contributed by atoms with Crippen molar-refractivity contribution in [3.63, 3.8) is 0 Å². The van der Waals surface area contributed by atoms with Crippen molar-refractivity contribution in [2.75, 3.05) is 0 Å². The molecule has 0 radical (unpaired) electrons. The Kier molecular flexibility index (Phi) is 2.99. The van der Waals surface area contributed by atoms with Crippen LogP contribution in [0.25, 0.3) is 88.4 Å². The Bertz CT molecular complexity index is 4220. The largest absolute Gasteiger partial charge is 0.309 e. The minimum absolute atomic E-state index is 0.0658. The van der Waals surface area contributed by atoms with Gasteiger partial charge in [-0.25, -0.2) is 0 Å². The second-order valence-electron chi connectivity index (χ2n) is 11.1. The zero-order valence-electron chi connectivity index (χ0n) is 50.4. The molecule has 8 aromatic carbocycles. The summed E-state index contributed by atoms with van der Waals surface area (Å²) in [6.45, 7) is 0. The van der Waals surface area contributed by atoms with Crippen molar-refractivity contribution in [3.05, 3.63) is 194 Å². The van der Waals surface area contributed by atoms with E-state index in [-0.39, 0.29) is 54.9 Å². The second-order valence-corrected chi connectivity index (χ2v) is 11.1. The zero-order chi connectivity index (χ0) is 54.8. The van der Waals surface area contributed by atoms with Crippen molar-refractivity contribution >= 4 is 43.6 Å². The van der Waals surface area contributed by atoms with Gasteiger partial charge in [0.1, 0.15) is 0 Å². The van der Waals surface area contributed by atoms with E-state index in [1.165, 1.54) is 22.8 Å². The fraction of sp³-hybridized carbons (Fsp3) is 0. The van der Waals surface area contributed by atoms with E-state index < -0.39 is 173 Å². The summed E-state index contributed by atoms with van der Waals surface area (Å²) < 4.78 is 221. The molecule has 50 heavy (non-hydrogen) atoms. The molecule has 0 aliphatic rings. The standard InChI is InChI=1S/C48H32N2/c1-3-13-33(14-4-1)34-23-27-38(28-24-34)49-45-21-11-8-18-40(45)42-31-36(25-29-47(42)49)37-26-30-48-43(32-37)41-19-9-12-22-46(41)50(48)44-20-10-7-17-39(44)35-15-5-2-6-16-35/h1-32H/i1D,2D,3D,4D,5D,6D,7D,8D,9D,10D,11D,12D,13D,14D,15D,16D,18D,19D,20D,21D,22D,23D,24D,27D,28D. The third-order valence-corrected chi connectivity index (χ3v) is 8.43. The number of hydrogen-bond donors (Lipinski definition) is 0. The molecule has 0 atom stereocenters. The summed E-state index contributed by atoms with van der Waals surface area (Å²) in [7, 11) is 0. The lowest BCUT2D eigenvalue weighted by Crippen LogP contribution is -1.97. The minimum Gasteiger partial charge on any atom is -0.309 e. The molecule has 10 aromatic rings. The number of aromatic nitrogens is 2. The molecule has 2 heteroatoms. The van der Waals surface area contributed by atoms with Gasteiger partial charge in [-0.15, -0.1) is 0 Å². The second kappa shape index (κ2) is 11.5. The zero-order valence-corrected chi connectivity index (χ0v) is 25.4. The Morgan fingerprint density at radius 1 is 0.320 bits per heavy atom. The van der Waals surface area contributed by atoms with E-state index in [4.69, 9.17) is 27.4 Å². The van der Waals surface area contributed by atoms with E-state index in [2.05, 4.69) is 0 Å². The summed E-state index contributed by atoms with van der Waals surface area (Å²) in [6.07, 6.45) is 0. The summed E-state index contributed by atoms with van der Waals surface area (Å²) in [4.78, 5) is 0. The molecule has 0 saturated heterocycles. The van der Waals surface area contributed by atoms with Crippen LogP contribution in [0.3, 0.4) is 0 Å². The SMILES string of the molecule is [2H]c1cc(-c2c([2H])c([2H])c([2H])c([2H])c2[2H])c(-n2c3ccc(-c4ccc5c(c4)c4c([2H])c([2H])c([2H])c([2H])c4n5-c4c([2H])c([2H])c(-c5c([2H])c([2H])c([2H])c([2H])c5[2H])c([2H])c4[2H])cc3c3c([2H])c([2H])c([2H])c([2H])c32)c([2H])c1[2H]. The van der Waals surface area contributed by atoms with E-state index in [1.54, 1.807) is 18.2 Å². The van der Waals surface area contributed by atoms with Gasteiger partial charge in [0.15, 0.2) is 0 Å². The van der Waals surface area contributed by atoms with Crippen LogP contribution in [0.2, 0.25) is 0 Å². The lowest BCUT2D eigenvalue weighted by Gasteiger charge is -2.14. The van der Waals surface area contributed by atoms with Gasteiger partial charge in [-0.05, 0) is 82.3 Å². The molecule has 0 spiro atoms. The minimum atomic E-state index is -0.810. The van der Waals surface area contributed by atoms with E-state index in [0.29, 0.717) is 11.1 Å². The topological polar surface area (TPSA) is 9.86 Å². The highest BCUT2D eigenvalue weighted by Gasteiger charge is 2.17. The van der Waals surface area contributed by atoms with Crippen molar-refractivity contribution in [2.24, 2.45) is 0 Å². The third-order valence-electron chi connectivity index (χ3n) is 8.43. The first kappa shape index (κ1) is 13.0. The van der Waals surface area contributed by atoms with Crippen LogP contribution >= 0.6 is 0 Å². The molecule has 2 nitrogen and oxygen atoms in total. The number of benzene rings is 8. The summed E-state index contributed by atoms with van der Waals surface area (Å²) in [5.74, 6) is 0. The van der Waals surface area contributed by atoms with Crippen LogP contribution in [0.5, 0.6) is 0 Å². The first-order valence-corrected chi connectivity index (χ1v) is 15.1. The van der Waals surface area contributed by atoms with E-state index in [0.717, 1.165) is 10.6 Å². The van der Waals surface area contributed by atoms with E-state index in [9.17, 15) is 6.85 Å². The number of hydrogen-bond acceptors (Lipinski definition) is 0. The third kappa shape index (κ3) is 4.50. The normalized spacial score (nSPS) is 18.6. The van der Waals surface area contributed by atoms with Gasteiger partial charge in [-0.2, -0.15) is 0 Å². The van der Waals surface area contributed by atoms with Gasteiger partial charge >= 0.3 is 0 Å². The first-order chi connectivity index (χ1) is 35.2. The van der Waals surface area contributed by atoms with Gasteiger partial charge in [0.05, 0.1) is 62.0 Å². The molecule has 10 rings (SSSR count). The van der Waals surface area contributed by atoms with Crippen LogP contribution in [-0.2, 0) is 0 Å². The molecule has 2 heterocycles. The van der Waals surface area contributed by atoms with Crippen molar-refractivity contribution in [2.45, 2.75) is 0 Å². The number of fused-ring (bicyclic) bond motifs is 6. The Labute approximate surface area is 325 Å². The van der Waals surface area contributed by atoms with Crippen molar-refractivity contribution < 1.29 is 34.3 Å². The molecular weight excluding hydrogens is 605 g/mol. The maximum atomic E-state index is 9.26. The van der Waals surface area contributed by atoms with Gasteiger partial charge in [0.25, 0.3) is 0 Å². The Morgan fingerprint density at radius 2 is 0.820 bits per heavy atom. The smallest absolute Gasteiger partial charge is 0.0645 e. The predicted molar refractivity (Wildman–Crippen MR) is 211 cm³/mol. The molecule has 0 saturated carbocycles. The number of nitrogens with zero attached hydrogens (tertiary/aromatic N) is 2. The Balaban J connectivity index is 1.28. The Hall–Kier alpha value is -6.64. The van der Waals surface area contributed by atoms with Crippen molar-refractivity contribution in [1.29, 1.82) is 0 Å². The average Bonchev–Trinajstić information content (AvgIpc) is 3.91. The predicted octanol–water partition coefficient (Wildman–Crippen LogP) is 12.9. The fourth-order valence-electron chi connectivity index (χ4n) is 6.27. The molecule has 0 unspecified atom stereocenters. The van der Waals surface area contributed by atoms with Gasteiger partial charge in [0, 0.05) is 32.8 Å². The monoisotopic (exact) mass is 661 g/mol. The maximum absolute atomic E-state index is 9.26. The van der Waals surface area contributed by atoms with Crippen LogP contribution in [0.15, 0.2) is 194 Å². The molecule has 0 aliphatic carbocycles. The highest BCUT2D eigenvalue weighted by Crippen LogP contribution is 2.40. The van der Waals surface area contributed by atoms with Crippen LogP contribution in [0.4, 0.5) is 0 Å². The molecule has 2 aromatic heterocycles. The first-order valence-electron chi connectivity index (χ1n) is 27.6. The summed E-state index contributed by atoms with van der Waals surface area (Å²) >= 11 is 0. The number of para-hydroxylation sites is 3. The molecule has 234 valence electrons. The summed E-state index contributed by atoms with van der Waals surface area (Å²) in [5.41, 5.74) is -2.36. The quantitative estimate of drug-likeness (QED) is 0.174. The number of rotatable bonds is 5. The van der Waals surface area contributed by atoms with E-state index >= 15 is 0 Å². The van der Waals surface area contributed by atoms with Crippen LogP contribution in [0.1, 0.15) is 34.3 Å². The van der Waals surface area contributed by atoms with Gasteiger partial charge in [0.2, 0.25) is 0 Å². The molecule has 0 bridgehead atoms. The Morgan fingerprint density at radius 3 is 1.46 bits per heavy atom. The van der Waals surface area contributed by atoms with Gasteiger partial charge < -0.3 is 9.13 Å². The molecule has 0 fully saturated rings. The van der Waals surface area contributed by atoms with Crippen LogP contribution in [-0.4, -0.2) is 9.13 Å². The molecule has 0 N–H and O–H groups in total.